The molecule has 1 aromatic carbocycles. The van der Waals surface area contributed by atoms with Gasteiger partial charge in [0.05, 0.1) is 13.2 Å². The third kappa shape index (κ3) is 4.78. The molecule has 2 aromatic rings. The molecule has 0 radical (unpaired) electrons. The van der Waals surface area contributed by atoms with Crippen molar-refractivity contribution in [2.75, 3.05) is 19.7 Å². The van der Waals surface area contributed by atoms with Crippen LogP contribution in [0.25, 0.3) is 0 Å². The summed E-state index contributed by atoms with van der Waals surface area (Å²) in [5, 5.41) is 6.95. The third-order valence-electron chi connectivity index (χ3n) is 5.08. The van der Waals surface area contributed by atoms with E-state index in [2.05, 4.69) is 10.5 Å². The summed E-state index contributed by atoms with van der Waals surface area (Å²) in [6.07, 6.45) is 4.28. The number of aromatic nitrogens is 1. The van der Waals surface area contributed by atoms with Gasteiger partial charge in [-0.05, 0) is 49.9 Å². The second-order valence-corrected chi connectivity index (χ2v) is 7.37. The van der Waals surface area contributed by atoms with Gasteiger partial charge in [0.1, 0.15) is 23.0 Å². The predicted molar refractivity (Wildman–Crippen MR) is 96.9 cm³/mol. The third-order valence-corrected chi connectivity index (χ3v) is 5.08. The van der Waals surface area contributed by atoms with Crippen LogP contribution in [-0.2, 0) is 6.54 Å². The SMILES string of the molecule is O=C(NCc1cc(C2CC2)on1)N1CCC[C@H](COc2ccc(F)cc2)C1. The van der Waals surface area contributed by atoms with E-state index >= 15 is 0 Å². The minimum Gasteiger partial charge on any atom is -0.493 e. The Morgan fingerprint density at radius 1 is 1.30 bits per heavy atom. The van der Waals surface area contributed by atoms with Crippen LogP contribution in [0.4, 0.5) is 9.18 Å². The number of amides is 2. The zero-order valence-corrected chi connectivity index (χ0v) is 15.2. The normalized spacial score (nSPS) is 19.7. The Morgan fingerprint density at radius 2 is 2.11 bits per heavy atom. The van der Waals surface area contributed by atoms with Crippen molar-refractivity contribution in [2.24, 2.45) is 5.92 Å². The van der Waals surface area contributed by atoms with Gasteiger partial charge >= 0.3 is 6.03 Å². The Bertz CT molecular complexity index is 773. The highest BCUT2D eigenvalue weighted by molar-refractivity contribution is 5.74. The molecular weight excluding hydrogens is 349 g/mol. The predicted octanol–water partition coefficient (Wildman–Crippen LogP) is 3.69. The Kier molecular flexibility index (Phi) is 5.27. The molecule has 0 spiro atoms. The number of urea groups is 1. The Hall–Kier alpha value is -2.57. The van der Waals surface area contributed by atoms with E-state index in [9.17, 15) is 9.18 Å². The average Bonchev–Trinajstić information content (AvgIpc) is 3.44. The molecule has 1 saturated carbocycles. The van der Waals surface area contributed by atoms with Crippen molar-refractivity contribution in [2.45, 2.75) is 38.1 Å². The van der Waals surface area contributed by atoms with Crippen LogP contribution >= 0.6 is 0 Å². The second kappa shape index (κ2) is 7.98. The lowest BCUT2D eigenvalue weighted by Crippen LogP contribution is -2.46. The molecule has 1 atom stereocenters. The fourth-order valence-electron chi connectivity index (χ4n) is 3.38. The fourth-order valence-corrected chi connectivity index (χ4v) is 3.38. The Labute approximate surface area is 157 Å². The van der Waals surface area contributed by atoms with Crippen LogP contribution in [0, 0.1) is 11.7 Å². The minimum atomic E-state index is -0.278. The first-order chi connectivity index (χ1) is 13.2. The molecule has 0 unspecified atom stereocenters. The van der Waals surface area contributed by atoms with Crippen molar-refractivity contribution >= 4 is 6.03 Å². The van der Waals surface area contributed by atoms with Crippen LogP contribution in [0.2, 0.25) is 0 Å². The molecular formula is C20H24FN3O3. The van der Waals surface area contributed by atoms with Crippen molar-refractivity contribution in [3.05, 3.63) is 47.6 Å². The Balaban J connectivity index is 1.23. The van der Waals surface area contributed by atoms with Gasteiger partial charge in [-0.15, -0.1) is 0 Å². The maximum atomic E-state index is 12.9. The smallest absolute Gasteiger partial charge is 0.317 e. The van der Waals surface area contributed by atoms with Gasteiger partial charge in [-0.25, -0.2) is 9.18 Å². The van der Waals surface area contributed by atoms with Crippen molar-refractivity contribution in [3.63, 3.8) is 0 Å². The summed E-state index contributed by atoms with van der Waals surface area (Å²) >= 11 is 0. The summed E-state index contributed by atoms with van der Waals surface area (Å²) in [7, 11) is 0. The number of hydrogen-bond acceptors (Lipinski definition) is 4. The maximum Gasteiger partial charge on any atom is 0.317 e. The zero-order valence-electron chi connectivity index (χ0n) is 15.2. The summed E-state index contributed by atoms with van der Waals surface area (Å²) in [6, 6.07) is 7.86. The number of halogens is 1. The first-order valence-electron chi connectivity index (χ1n) is 9.54. The topological polar surface area (TPSA) is 67.6 Å². The molecule has 7 heteroatoms. The van der Waals surface area contributed by atoms with Crippen LogP contribution in [-0.4, -0.2) is 35.8 Å². The zero-order chi connectivity index (χ0) is 18.6. The van der Waals surface area contributed by atoms with Gasteiger partial charge in [-0.2, -0.15) is 0 Å². The largest absolute Gasteiger partial charge is 0.493 e. The molecule has 4 rings (SSSR count). The lowest BCUT2D eigenvalue weighted by molar-refractivity contribution is 0.137. The van der Waals surface area contributed by atoms with Gasteiger partial charge in [-0.1, -0.05) is 5.16 Å². The lowest BCUT2D eigenvalue weighted by atomic mass is 9.99. The Morgan fingerprint density at radius 3 is 2.89 bits per heavy atom. The molecule has 2 fully saturated rings. The summed E-state index contributed by atoms with van der Waals surface area (Å²) in [5.41, 5.74) is 0.762. The van der Waals surface area contributed by atoms with E-state index in [0.717, 1.165) is 43.7 Å². The lowest BCUT2D eigenvalue weighted by Gasteiger charge is -2.32. The van der Waals surface area contributed by atoms with Gasteiger partial charge in [0.25, 0.3) is 0 Å². The number of carbonyl (C=O) groups is 1. The summed E-state index contributed by atoms with van der Waals surface area (Å²) in [6.45, 7) is 2.29. The summed E-state index contributed by atoms with van der Waals surface area (Å²) in [4.78, 5) is 14.3. The van der Waals surface area contributed by atoms with Crippen molar-refractivity contribution in [1.29, 1.82) is 0 Å². The monoisotopic (exact) mass is 373 g/mol. The van der Waals surface area contributed by atoms with Gasteiger partial charge in [0.15, 0.2) is 0 Å². The highest BCUT2D eigenvalue weighted by atomic mass is 19.1. The molecule has 2 aliphatic rings. The summed E-state index contributed by atoms with van der Waals surface area (Å²) < 4.78 is 24.0. The van der Waals surface area contributed by atoms with E-state index in [1.165, 1.54) is 12.1 Å². The maximum absolute atomic E-state index is 12.9. The fraction of sp³-hybridized carbons (Fsp3) is 0.500. The van der Waals surface area contributed by atoms with E-state index in [1.807, 2.05) is 11.0 Å². The number of piperidine rings is 1. The van der Waals surface area contributed by atoms with E-state index in [4.69, 9.17) is 9.26 Å². The van der Waals surface area contributed by atoms with Crippen molar-refractivity contribution in [1.82, 2.24) is 15.4 Å². The number of carbonyl (C=O) groups excluding carboxylic acids is 1. The number of nitrogens with one attached hydrogen (secondary N) is 1. The van der Waals surface area contributed by atoms with E-state index < -0.39 is 0 Å². The van der Waals surface area contributed by atoms with Crippen LogP contribution < -0.4 is 10.1 Å². The highest BCUT2D eigenvalue weighted by Gasteiger charge is 2.28. The summed E-state index contributed by atoms with van der Waals surface area (Å²) in [5.74, 6) is 2.08. The van der Waals surface area contributed by atoms with E-state index in [-0.39, 0.29) is 17.8 Å². The van der Waals surface area contributed by atoms with Crippen LogP contribution in [0.5, 0.6) is 5.75 Å². The number of likely N-dealkylation sites (tertiary alicyclic amines) is 1. The number of hydrogen-bond donors (Lipinski definition) is 1. The van der Waals surface area contributed by atoms with E-state index in [1.54, 1.807) is 12.1 Å². The molecule has 144 valence electrons. The second-order valence-electron chi connectivity index (χ2n) is 7.37. The van der Waals surface area contributed by atoms with E-state index in [0.29, 0.717) is 31.4 Å². The number of rotatable bonds is 6. The average molecular weight is 373 g/mol. The van der Waals surface area contributed by atoms with Gasteiger partial charge in [0, 0.05) is 31.0 Å². The van der Waals surface area contributed by atoms with Crippen molar-refractivity contribution < 1.29 is 18.4 Å². The standard InChI is InChI=1S/C20H24FN3O3/c21-16-5-7-18(8-6-16)26-13-14-2-1-9-24(12-14)20(25)22-11-17-10-19(27-23-17)15-3-4-15/h5-8,10,14-15H,1-4,9,11-13H2,(H,22,25)/t14-/m0/s1. The number of benzene rings is 1. The molecule has 2 heterocycles. The van der Waals surface area contributed by atoms with Crippen molar-refractivity contribution in [3.8, 4) is 5.75 Å². The molecule has 1 aromatic heterocycles. The van der Waals surface area contributed by atoms with Crippen LogP contribution in [0.15, 0.2) is 34.9 Å². The van der Waals surface area contributed by atoms with Gasteiger partial charge in [-0.3, -0.25) is 0 Å². The molecule has 0 bridgehead atoms. The number of ether oxygens (including phenoxy) is 1. The first kappa shape index (κ1) is 17.8. The molecule has 6 nitrogen and oxygen atoms in total. The van der Waals surface area contributed by atoms with Gasteiger partial charge < -0.3 is 19.5 Å². The van der Waals surface area contributed by atoms with Gasteiger partial charge in [0.2, 0.25) is 0 Å². The molecule has 1 aliphatic heterocycles. The number of nitrogens with zero attached hydrogens (tertiary/aromatic N) is 2. The van der Waals surface area contributed by atoms with Crippen LogP contribution in [0.1, 0.15) is 43.1 Å². The molecule has 1 saturated heterocycles. The molecule has 2 amide bonds. The molecule has 1 N–H and O–H groups in total. The van der Waals surface area contributed by atoms with Crippen LogP contribution in [0.3, 0.4) is 0 Å². The first-order valence-corrected chi connectivity index (χ1v) is 9.54. The minimum absolute atomic E-state index is 0.0857. The quantitative estimate of drug-likeness (QED) is 0.839. The molecule has 27 heavy (non-hydrogen) atoms. The highest BCUT2D eigenvalue weighted by Crippen LogP contribution is 2.40. The molecule has 1 aliphatic carbocycles.